The van der Waals surface area contributed by atoms with Gasteiger partial charge in [0, 0.05) is 5.92 Å². The second kappa shape index (κ2) is 9.81. The molecule has 0 saturated carbocycles. The lowest BCUT2D eigenvalue weighted by molar-refractivity contribution is 0.163. The Bertz CT molecular complexity index is 454. The molecule has 0 radical (unpaired) electrons. The molecule has 2 N–H and O–H groups in total. The van der Waals surface area contributed by atoms with E-state index >= 15 is 0 Å². The zero-order valence-corrected chi connectivity index (χ0v) is 14.4. The Balaban J connectivity index is 2.96. The fourth-order valence-corrected chi connectivity index (χ4v) is 2.92. The van der Waals surface area contributed by atoms with Crippen LogP contribution in [-0.2, 0) is 0 Å². The van der Waals surface area contributed by atoms with Crippen molar-refractivity contribution in [1.29, 1.82) is 0 Å². The van der Waals surface area contributed by atoms with Crippen molar-refractivity contribution in [3.8, 4) is 0 Å². The molecule has 1 aliphatic carbocycles. The lowest BCUT2D eigenvalue weighted by Gasteiger charge is -2.22. The van der Waals surface area contributed by atoms with Crippen LogP contribution in [0, 0.1) is 5.92 Å². The summed E-state index contributed by atoms with van der Waals surface area (Å²) in [5, 5.41) is 20.0. The van der Waals surface area contributed by atoms with Gasteiger partial charge in [0.1, 0.15) is 0 Å². The molecule has 1 aliphatic rings. The van der Waals surface area contributed by atoms with Crippen molar-refractivity contribution in [2.24, 2.45) is 5.92 Å². The van der Waals surface area contributed by atoms with Gasteiger partial charge in [-0.15, -0.1) is 0 Å². The van der Waals surface area contributed by atoms with E-state index < -0.39 is 6.10 Å². The van der Waals surface area contributed by atoms with Crippen LogP contribution in [0.4, 0.5) is 0 Å². The average Bonchev–Trinajstić information content (AvgIpc) is 2.45. The normalized spacial score (nSPS) is 32.7. The quantitative estimate of drug-likeness (QED) is 0.726. The second-order valence-corrected chi connectivity index (χ2v) is 6.64. The van der Waals surface area contributed by atoms with Crippen LogP contribution in [-0.4, -0.2) is 22.9 Å². The number of hydrogen-bond acceptors (Lipinski definition) is 2. The van der Waals surface area contributed by atoms with E-state index in [2.05, 4.69) is 32.6 Å². The Hall–Kier alpha value is -1.12. The van der Waals surface area contributed by atoms with Gasteiger partial charge in [-0.2, -0.15) is 0 Å². The Morgan fingerprint density at radius 3 is 2.32 bits per heavy atom. The van der Waals surface area contributed by atoms with Crippen LogP contribution in [0.15, 0.2) is 47.1 Å². The summed E-state index contributed by atoms with van der Waals surface area (Å²) in [6, 6.07) is 0. The number of rotatable bonds is 2. The molecule has 124 valence electrons. The molecule has 0 spiro atoms. The van der Waals surface area contributed by atoms with Crippen LogP contribution in [0.2, 0.25) is 0 Å². The second-order valence-electron chi connectivity index (χ2n) is 6.64. The van der Waals surface area contributed by atoms with Crippen LogP contribution >= 0.6 is 0 Å². The highest BCUT2D eigenvalue weighted by Gasteiger charge is 2.18. The summed E-state index contributed by atoms with van der Waals surface area (Å²) in [5.41, 5.74) is 4.72. The lowest BCUT2D eigenvalue weighted by Crippen LogP contribution is -2.20. The molecule has 1 rings (SSSR count). The highest BCUT2D eigenvalue weighted by molar-refractivity contribution is 5.14. The predicted octanol–water partition coefficient (Wildman–Crippen LogP) is 4.71. The van der Waals surface area contributed by atoms with Crippen molar-refractivity contribution in [3.63, 3.8) is 0 Å². The van der Waals surface area contributed by atoms with Crippen molar-refractivity contribution >= 4 is 0 Å². The van der Waals surface area contributed by atoms with Crippen molar-refractivity contribution in [2.75, 3.05) is 6.61 Å². The van der Waals surface area contributed by atoms with Crippen molar-refractivity contribution < 1.29 is 10.2 Å². The standard InChI is InChI=1S/C20H32O2/c1-15(2)19-12-11-17(4)8-5-7-16(3)9-6-10-18(14-21)13-20(19)22/h8-9,13,19-22H,1,5-7,10-12,14H2,2-4H3/b16-9+,17-8+,18-13+/t19-,20+/m1/s1. The van der Waals surface area contributed by atoms with Gasteiger partial charge in [0.05, 0.1) is 12.7 Å². The Morgan fingerprint density at radius 2 is 1.73 bits per heavy atom. The zero-order chi connectivity index (χ0) is 16.5. The number of allylic oxidation sites excluding steroid dienone is 4. The van der Waals surface area contributed by atoms with E-state index in [1.165, 1.54) is 11.1 Å². The summed E-state index contributed by atoms with van der Waals surface area (Å²) in [7, 11) is 0. The summed E-state index contributed by atoms with van der Waals surface area (Å²) < 4.78 is 0. The van der Waals surface area contributed by atoms with Gasteiger partial charge in [-0.05, 0) is 64.9 Å². The molecule has 2 heteroatoms. The van der Waals surface area contributed by atoms with Gasteiger partial charge in [-0.3, -0.25) is 0 Å². The van der Waals surface area contributed by atoms with Gasteiger partial charge >= 0.3 is 0 Å². The first-order chi connectivity index (χ1) is 10.4. The molecular formula is C20H32O2. The van der Waals surface area contributed by atoms with Crippen LogP contribution in [0.25, 0.3) is 0 Å². The largest absolute Gasteiger partial charge is 0.392 e. The number of hydrogen-bond donors (Lipinski definition) is 2. The van der Waals surface area contributed by atoms with Crippen molar-refractivity contribution in [1.82, 2.24) is 0 Å². The summed E-state index contributed by atoms with van der Waals surface area (Å²) in [4.78, 5) is 0. The summed E-state index contributed by atoms with van der Waals surface area (Å²) in [5.74, 6) is 0.0603. The molecule has 2 nitrogen and oxygen atoms in total. The molecule has 0 aromatic carbocycles. The smallest absolute Gasteiger partial charge is 0.0789 e. The molecular weight excluding hydrogens is 272 g/mol. The fourth-order valence-electron chi connectivity index (χ4n) is 2.92. The van der Waals surface area contributed by atoms with Gasteiger partial charge in [-0.1, -0.05) is 41.5 Å². The molecule has 0 aromatic rings. The SMILES string of the molecule is C=C(C)[C@H]1CC/C(C)=C/CC/C(C)=C/CC/C(CO)=C\[C@@H]1O. The zero-order valence-electron chi connectivity index (χ0n) is 14.4. The lowest BCUT2D eigenvalue weighted by atomic mass is 9.87. The van der Waals surface area contributed by atoms with E-state index in [9.17, 15) is 10.2 Å². The molecule has 0 heterocycles. The first kappa shape index (κ1) is 18.9. The fraction of sp³-hybridized carbons (Fsp3) is 0.600. The average molecular weight is 304 g/mol. The number of aliphatic hydroxyl groups is 2. The molecule has 0 aliphatic heterocycles. The van der Waals surface area contributed by atoms with Crippen molar-refractivity contribution in [3.05, 3.63) is 47.1 Å². The maximum Gasteiger partial charge on any atom is 0.0789 e. The Labute approximate surface area is 135 Å². The molecule has 0 bridgehead atoms. The highest BCUT2D eigenvalue weighted by atomic mass is 16.3. The van der Waals surface area contributed by atoms with Gasteiger partial charge in [0.15, 0.2) is 0 Å². The van der Waals surface area contributed by atoms with E-state index in [0.717, 1.165) is 49.7 Å². The minimum atomic E-state index is -0.555. The molecule has 22 heavy (non-hydrogen) atoms. The molecule has 0 fully saturated rings. The van der Waals surface area contributed by atoms with Gasteiger partial charge in [0.2, 0.25) is 0 Å². The molecule has 0 aromatic heterocycles. The minimum absolute atomic E-state index is 0.0196. The summed E-state index contributed by atoms with van der Waals surface area (Å²) in [6.07, 6.45) is 11.7. The maximum atomic E-state index is 10.5. The van der Waals surface area contributed by atoms with E-state index in [0.29, 0.717) is 0 Å². The molecule has 2 atom stereocenters. The molecule has 0 saturated heterocycles. The third-order valence-corrected chi connectivity index (χ3v) is 4.49. The predicted molar refractivity (Wildman–Crippen MR) is 94.7 cm³/mol. The van der Waals surface area contributed by atoms with E-state index in [-0.39, 0.29) is 12.5 Å². The molecule has 0 amide bonds. The van der Waals surface area contributed by atoms with Crippen LogP contribution in [0.5, 0.6) is 0 Å². The molecule has 0 unspecified atom stereocenters. The Morgan fingerprint density at radius 1 is 1.14 bits per heavy atom. The highest BCUT2D eigenvalue weighted by Crippen LogP contribution is 2.25. The Kier molecular flexibility index (Phi) is 8.44. The first-order valence-corrected chi connectivity index (χ1v) is 8.39. The summed E-state index contributed by atoms with van der Waals surface area (Å²) >= 11 is 0. The minimum Gasteiger partial charge on any atom is -0.392 e. The third kappa shape index (κ3) is 6.76. The van der Waals surface area contributed by atoms with E-state index in [1.807, 2.05) is 13.0 Å². The van der Waals surface area contributed by atoms with E-state index in [4.69, 9.17) is 0 Å². The topological polar surface area (TPSA) is 40.5 Å². The summed E-state index contributed by atoms with van der Waals surface area (Å²) in [6.45, 7) is 10.4. The number of aliphatic hydroxyl groups excluding tert-OH is 2. The van der Waals surface area contributed by atoms with Gasteiger partial charge in [-0.25, -0.2) is 0 Å². The maximum absolute atomic E-state index is 10.5. The monoisotopic (exact) mass is 304 g/mol. The van der Waals surface area contributed by atoms with Crippen LogP contribution < -0.4 is 0 Å². The van der Waals surface area contributed by atoms with Gasteiger partial charge in [0.25, 0.3) is 0 Å². The third-order valence-electron chi connectivity index (χ3n) is 4.49. The van der Waals surface area contributed by atoms with Crippen LogP contribution in [0.3, 0.4) is 0 Å². The van der Waals surface area contributed by atoms with Gasteiger partial charge < -0.3 is 10.2 Å². The first-order valence-electron chi connectivity index (χ1n) is 8.39. The van der Waals surface area contributed by atoms with Crippen LogP contribution in [0.1, 0.15) is 59.3 Å². The van der Waals surface area contributed by atoms with Crippen molar-refractivity contribution in [2.45, 2.75) is 65.4 Å². The van der Waals surface area contributed by atoms with E-state index in [1.54, 1.807) is 0 Å².